The van der Waals surface area contributed by atoms with Crippen molar-refractivity contribution < 1.29 is 28.6 Å². The summed E-state index contributed by atoms with van der Waals surface area (Å²) in [6.07, 6.45) is 0. The molecule has 0 saturated carbocycles. The highest BCUT2D eigenvalue weighted by Gasteiger charge is 2.41. The minimum atomic E-state index is -0.825. The fraction of sp³-hybridized carbons (Fsp3) is 0.421. The minimum Gasteiger partial charge on any atom is -0.466 e. The van der Waals surface area contributed by atoms with Crippen LogP contribution in [0.15, 0.2) is 29.5 Å². The van der Waals surface area contributed by atoms with Gasteiger partial charge in [-0.05, 0) is 31.0 Å². The molecule has 1 amide bonds. The zero-order valence-corrected chi connectivity index (χ0v) is 15.8. The van der Waals surface area contributed by atoms with Crippen molar-refractivity contribution >= 4 is 23.5 Å². The Labute approximate surface area is 157 Å². The van der Waals surface area contributed by atoms with E-state index in [0.717, 1.165) is 11.1 Å². The standard InChI is InChI=1S/C19H22N2O6/c1-19(2)14-11(8-20-18(19)24)6-5-7-13(14)21-10-27-9-12(16(22)25-3)15(21)17(23)26-4/h5-7H,8-10H2,1-4H3,(H,20,24). The maximum Gasteiger partial charge on any atom is 0.355 e. The monoisotopic (exact) mass is 374 g/mol. The van der Waals surface area contributed by atoms with Gasteiger partial charge in [0.2, 0.25) is 5.91 Å². The highest BCUT2D eigenvalue weighted by Crippen LogP contribution is 2.40. The number of carbonyl (C=O) groups is 3. The molecule has 2 aliphatic rings. The molecule has 8 nitrogen and oxygen atoms in total. The molecule has 1 aromatic rings. The number of hydrogen-bond donors (Lipinski definition) is 1. The molecule has 8 heteroatoms. The van der Waals surface area contributed by atoms with Gasteiger partial charge in [0.05, 0.1) is 31.8 Å². The molecule has 27 heavy (non-hydrogen) atoms. The Bertz CT molecular complexity index is 843. The van der Waals surface area contributed by atoms with Gasteiger partial charge < -0.3 is 24.4 Å². The van der Waals surface area contributed by atoms with E-state index in [-0.39, 0.29) is 30.5 Å². The van der Waals surface area contributed by atoms with E-state index in [1.807, 2.05) is 26.0 Å². The lowest BCUT2D eigenvalue weighted by atomic mass is 9.77. The summed E-state index contributed by atoms with van der Waals surface area (Å²) in [7, 11) is 2.48. The zero-order chi connectivity index (χ0) is 19.8. The van der Waals surface area contributed by atoms with E-state index < -0.39 is 17.4 Å². The molecule has 0 aromatic heterocycles. The molecule has 0 fully saturated rings. The predicted molar refractivity (Wildman–Crippen MR) is 95.7 cm³/mol. The van der Waals surface area contributed by atoms with Crippen molar-refractivity contribution in [1.82, 2.24) is 5.32 Å². The Kier molecular flexibility index (Phi) is 4.93. The number of benzene rings is 1. The Morgan fingerprint density at radius 2 is 1.89 bits per heavy atom. The molecule has 3 rings (SSSR count). The van der Waals surface area contributed by atoms with Crippen LogP contribution in [0.25, 0.3) is 0 Å². The molecule has 2 heterocycles. The summed E-state index contributed by atoms with van der Waals surface area (Å²) < 4.78 is 15.2. The zero-order valence-electron chi connectivity index (χ0n) is 15.8. The molecule has 0 aliphatic carbocycles. The van der Waals surface area contributed by atoms with Gasteiger partial charge in [0, 0.05) is 12.2 Å². The lowest BCUT2D eigenvalue weighted by Crippen LogP contribution is -2.47. The van der Waals surface area contributed by atoms with Crippen LogP contribution in [0.2, 0.25) is 0 Å². The number of nitrogens with zero attached hydrogens (tertiary/aromatic N) is 1. The van der Waals surface area contributed by atoms with Gasteiger partial charge in [0.1, 0.15) is 12.4 Å². The number of hydrogen-bond acceptors (Lipinski definition) is 7. The second-order valence-electron chi connectivity index (χ2n) is 6.83. The lowest BCUT2D eigenvalue weighted by molar-refractivity contribution is -0.140. The molecule has 2 aliphatic heterocycles. The minimum absolute atomic E-state index is 0.0408. The summed E-state index contributed by atoms with van der Waals surface area (Å²) in [4.78, 5) is 38.7. The molecule has 0 saturated heterocycles. The summed E-state index contributed by atoms with van der Waals surface area (Å²) in [5.41, 5.74) is 1.65. The summed E-state index contributed by atoms with van der Waals surface area (Å²) in [6.45, 7) is 4.00. The first-order valence-corrected chi connectivity index (χ1v) is 8.48. The summed E-state index contributed by atoms with van der Waals surface area (Å²) in [5.74, 6) is -1.45. The van der Waals surface area contributed by atoms with Crippen LogP contribution >= 0.6 is 0 Å². The number of ether oxygens (including phenoxy) is 3. The molecule has 1 aromatic carbocycles. The van der Waals surface area contributed by atoms with E-state index in [1.165, 1.54) is 14.2 Å². The van der Waals surface area contributed by atoms with Crippen molar-refractivity contribution in [3.63, 3.8) is 0 Å². The Balaban J connectivity index is 2.23. The molecule has 0 atom stereocenters. The number of amides is 1. The van der Waals surface area contributed by atoms with Crippen LogP contribution in [-0.4, -0.2) is 45.4 Å². The van der Waals surface area contributed by atoms with Gasteiger partial charge >= 0.3 is 11.9 Å². The number of anilines is 1. The van der Waals surface area contributed by atoms with Crippen LogP contribution in [0.5, 0.6) is 0 Å². The number of fused-ring (bicyclic) bond motifs is 1. The molecule has 0 bridgehead atoms. The normalized spacial score (nSPS) is 18.5. The molecule has 0 radical (unpaired) electrons. The summed E-state index contributed by atoms with van der Waals surface area (Å²) in [5, 5.41) is 2.87. The smallest absolute Gasteiger partial charge is 0.355 e. The topological polar surface area (TPSA) is 94.2 Å². The van der Waals surface area contributed by atoms with Gasteiger partial charge in [-0.2, -0.15) is 0 Å². The first-order valence-electron chi connectivity index (χ1n) is 8.48. The number of carbonyl (C=O) groups excluding carboxylic acids is 3. The van der Waals surface area contributed by atoms with Crippen LogP contribution < -0.4 is 10.2 Å². The number of nitrogens with one attached hydrogen (secondary N) is 1. The van der Waals surface area contributed by atoms with E-state index in [9.17, 15) is 14.4 Å². The Hall–Kier alpha value is -2.87. The van der Waals surface area contributed by atoms with Gasteiger partial charge in [-0.15, -0.1) is 0 Å². The second-order valence-corrected chi connectivity index (χ2v) is 6.83. The molecule has 0 unspecified atom stereocenters. The average molecular weight is 374 g/mol. The Morgan fingerprint density at radius 1 is 1.19 bits per heavy atom. The Morgan fingerprint density at radius 3 is 2.56 bits per heavy atom. The van der Waals surface area contributed by atoms with E-state index >= 15 is 0 Å². The second kappa shape index (κ2) is 7.03. The van der Waals surface area contributed by atoms with Crippen molar-refractivity contribution in [3.05, 3.63) is 40.6 Å². The van der Waals surface area contributed by atoms with Crippen molar-refractivity contribution in [1.29, 1.82) is 0 Å². The first-order chi connectivity index (χ1) is 12.8. The maximum absolute atomic E-state index is 12.5. The fourth-order valence-corrected chi connectivity index (χ4v) is 3.52. The largest absolute Gasteiger partial charge is 0.466 e. The molecular formula is C19H22N2O6. The van der Waals surface area contributed by atoms with Crippen molar-refractivity contribution in [2.75, 3.05) is 32.5 Å². The average Bonchev–Trinajstić information content (AvgIpc) is 2.68. The third-order valence-corrected chi connectivity index (χ3v) is 4.88. The number of rotatable bonds is 3. The number of esters is 2. The van der Waals surface area contributed by atoms with Crippen LogP contribution in [0.1, 0.15) is 25.0 Å². The maximum atomic E-state index is 12.5. The van der Waals surface area contributed by atoms with Gasteiger partial charge in [-0.1, -0.05) is 12.1 Å². The predicted octanol–water partition coefficient (Wildman–Crippen LogP) is 0.988. The molecular weight excluding hydrogens is 352 g/mol. The van der Waals surface area contributed by atoms with Gasteiger partial charge in [-0.25, -0.2) is 9.59 Å². The SMILES string of the molecule is COC(=O)C1=C(C(=O)OC)N(c2cccc3c2C(C)(C)C(=O)NC3)COC1. The third kappa shape index (κ3) is 3.06. The van der Waals surface area contributed by atoms with Gasteiger partial charge in [0.15, 0.2) is 0 Å². The summed E-state index contributed by atoms with van der Waals surface area (Å²) in [6, 6.07) is 5.56. The number of methoxy groups -OCH3 is 2. The molecule has 144 valence electrons. The van der Waals surface area contributed by atoms with Crippen molar-refractivity contribution in [2.24, 2.45) is 0 Å². The van der Waals surface area contributed by atoms with E-state index in [2.05, 4.69) is 5.32 Å². The van der Waals surface area contributed by atoms with Crippen LogP contribution in [0.4, 0.5) is 5.69 Å². The summed E-state index contributed by atoms with van der Waals surface area (Å²) >= 11 is 0. The van der Waals surface area contributed by atoms with Gasteiger partial charge in [0.25, 0.3) is 0 Å². The quantitative estimate of drug-likeness (QED) is 0.789. The van der Waals surface area contributed by atoms with Crippen LogP contribution in [-0.2, 0) is 40.6 Å². The van der Waals surface area contributed by atoms with E-state index in [4.69, 9.17) is 14.2 Å². The van der Waals surface area contributed by atoms with Crippen molar-refractivity contribution in [3.8, 4) is 0 Å². The van der Waals surface area contributed by atoms with E-state index in [0.29, 0.717) is 12.2 Å². The fourth-order valence-electron chi connectivity index (χ4n) is 3.52. The van der Waals surface area contributed by atoms with Crippen LogP contribution in [0, 0.1) is 0 Å². The third-order valence-electron chi connectivity index (χ3n) is 4.88. The highest BCUT2D eigenvalue weighted by molar-refractivity contribution is 6.04. The molecule has 1 N–H and O–H groups in total. The van der Waals surface area contributed by atoms with E-state index in [1.54, 1.807) is 11.0 Å². The van der Waals surface area contributed by atoms with Crippen molar-refractivity contribution in [2.45, 2.75) is 25.8 Å². The van der Waals surface area contributed by atoms with Crippen LogP contribution in [0.3, 0.4) is 0 Å². The lowest BCUT2D eigenvalue weighted by Gasteiger charge is -2.38. The molecule has 0 spiro atoms. The highest BCUT2D eigenvalue weighted by atomic mass is 16.5. The van der Waals surface area contributed by atoms with Gasteiger partial charge in [-0.3, -0.25) is 4.79 Å². The first kappa shape index (κ1) is 18.9.